The molecule has 1 unspecified atom stereocenters. The van der Waals surface area contributed by atoms with Crippen molar-refractivity contribution in [2.24, 2.45) is 5.92 Å². The summed E-state index contributed by atoms with van der Waals surface area (Å²) < 4.78 is 29.2. The zero-order valence-corrected chi connectivity index (χ0v) is 16.8. The van der Waals surface area contributed by atoms with Crippen molar-refractivity contribution in [2.45, 2.75) is 83.1 Å². The van der Waals surface area contributed by atoms with Crippen LogP contribution >= 0.6 is 0 Å². The molecule has 0 aromatic rings. The third kappa shape index (κ3) is 5.20. The molecule has 7 heteroatoms. The van der Waals surface area contributed by atoms with Gasteiger partial charge in [0.05, 0.1) is 5.92 Å². The van der Waals surface area contributed by atoms with Gasteiger partial charge in [-0.25, -0.2) is 0 Å². The molecule has 26 heavy (non-hydrogen) atoms. The van der Waals surface area contributed by atoms with Crippen molar-refractivity contribution in [3.63, 3.8) is 0 Å². The molecular weight excluding hydrogens is 350 g/mol. The molecule has 150 valence electrons. The molecule has 3 rings (SSSR count). The largest absolute Gasteiger partial charge is 0.353 e. The molecule has 0 spiro atoms. The van der Waals surface area contributed by atoms with E-state index in [0.29, 0.717) is 26.2 Å². The van der Waals surface area contributed by atoms with Gasteiger partial charge in [0.25, 0.3) is 10.2 Å². The van der Waals surface area contributed by atoms with Crippen molar-refractivity contribution in [3.8, 4) is 0 Å². The van der Waals surface area contributed by atoms with E-state index < -0.39 is 10.2 Å². The summed E-state index contributed by atoms with van der Waals surface area (Å²) in [6.07, 6.45) is 12.7. The molecule has 0 aromatic carbocycles. The molecule has 2 saturated heterocycles. The van der Waals surface area contributed by atoms with Gasteiger partial charge in [0.1, 0.15) is 0 Å². The number of nitrogens with zero attached hydrogens (tertiary/aromatic N) is 2. The Labute approximate surface area is 158 Å². The highest BCUT2D eigenvalue weighted by Crippen LogP contribution is 2.24. The highest BCUT2D eigenvalue weighted by molar-refractivity contribution is 7.86. The molecule has 3 fully saturated rings. The zero-order valence-electron chi connectivity index (χ0n) is 16.0. The SMILES string of the molecule is O=C(NC1CCCCCC1)C1CCCN(S(=O)(=O)N2CCCCCC2)C1. The molecule has 1 saturated carbocycles. The first kappa shape index (κ1) is 20.1. The number of piperidine rings is 1. The van der Waals surface area contributed by atoms with Gasteiger partial charge in [0.15, 0.2) is 0 Å². The van der Waals surface area contributed by atoms with Gasteiger partial charge in [-0.15, -0.1) is 0 Å². The van der Waals surface area contributed by atoms with E-state index in [2.05, 4.69) is 5.32 Å². The van der Waals surface area contributed by atoms with Crippen molar-refractivity contribution in [3.05, 3.63) is 0 Å². The van der Waals surface area contributed by atoms with E-state index in [1.807, 2.05) is 0 Å². The first-order valence-corrected chi connectivity index (χ1v) is 12.0. The minimum absolute atomic E-state index is 0.0627. The van der Waals surface area contributed by atoms with Crippen molar-refractivity contribution < 1.29 is 13.2 Å². The summed E-state index contributed by atoms with van der Waals surface area (Å²) in [6, 6.07) is 0.280. The second-order valence-corrected chi connectivity index (χ2v) is 10.1. The molecule has 6 nitrogen and oxygen atoms in total. The maximum atomic E-state index is 13.0. The maximum Gasteiger partial charge on any atom is 0.281 e. The summed E-state index contributed by atoms with van der Waals surface area (Å²) in [5.41, 5.74) is 0. The van der Waals surface area contributed by atoms with Crippen LogP contribution in [0.1, 0.15) is 77.0 Å². The third-order valence-corrected chi connectivity index (χ3v) is 8.18. The number of hydrogen-bond acceptors (Lipinski definition) is 3. The van der Waals surface area contributed by atoms with Gasteiger partial charge >= 0.3 is 0 Å². The lowest BCUT2D eigenvalue weighted by atomic mass is 9.97. The van der Waals surface area contributed by atoms with E-state index in [-0.39, 0.29) is 17.9 Å². The first-order valence-electron chi connectivity index (χ1n) is 10.6. The lowest BCUT2D eigenvalue weighted by Crippen LogP contribution is -2.51. The topological polar surface area (TPSA) is 69.7 Å². The second-order valence-electron chi connectivity index (χ2n) is 8.22. The molecule has 0 bridgehead atoms. The lowest BCUT2D eigenvalue weighted by molar-refractivity contribution is -0.126. The van der Waals surface area contributed by atoms with E-state index in [1.54, 1.807) is 8.61 Å². The monoisotopic (exact) mass is 385 g/mol. The predicted octanol–water partition coefficient (Wildman–Crippen LogP) is 2.66. The molecule has 1 atom stereocenters. The second kappa shape index (κ2) is 9.51. The standard InChI is InChI=1S/C19H35N3O3S/c23-19(20-18-11-5-1-2-6-12-18)17-10-9-15-22(16-17)26(24,25)21-13-7-3-4-8-14-21/h17-18H,1-16H2,(H,20,23). The van der Waals surface area contributed by atoms with Crippen molar-refractivity contribution in [1.29, 1.82) is 0 Å². The highest BCUT2D eigenvalue weighted by atomic mass is 32.2. The van der Waals surface area contributed by atoms with E-state index in [4.69, 9.17) is 0 Å². The third-order valence-electron chi connectivity index (χ3n) is 6.17. The molecule has 0 radical (unpaired) electrons. The number of rotatable bonds is 4. The van der Waals surface area contributed by atoms with E-state index in [9.17, 15) is 13.2 Å². The Bertz CT molecular complexity index is 550. The zero-order chi connectivity index (χ0) is 18.4. The molecule has 2 aliphatic heterocycles. The van der Waals surface area contributed by atoms with Gasteiger partial charge in [0.2, 0.25) is 5.91 Å². The van der Waals surface area contributed by atoms with Crippen LogP contribution in [0.5, 0.6) is 0 Å². The highest BCUT2D eigenvalue weighted by Gasteiger charge is 2.36. The average Bonchev–Trinajstić information content (AvgIpc) is 3.07. The Balaban J connectivity index is 1.58. The summed E-state index contributed by atoms with van der Waals surface area (Å²) in [5, 5.41) is 3.22. The first-order chi connectivity index (χ1) is 12.6. The van der Waals surface area contributed by atoms with Crippen molar-refractivity contribution >= 4 is 16.1 Å². The van der Waals surface area contributed by atoms with E-state index >= 15 is 0 Å². The molecule has 0 aromatic heterocycles. The summed E-state index contributed by atoms with van der Waals surface area (Å²) in [7, 11) is -3.43. The quantitative estimate of drug-likeness (QED) is 0.757. The van der Waals surface area contributed by atoms with Crippen LogP contribution in [0.4, 0.5) is 0 Å². The molecule has 2 heterocycles. The number of carbonyl (C=O) groups is 1. The Morgan fingerprint density at radius 2 is 1.31 bits per heavy atom. The Morgan fingerprint density at radius 3 is 1.96 bits per heavy atom. The van der Waals surface area contributed by atoms with Crippen LogP contribution in [-0.2, 0) is 15.0 Å². The number of amides is 1. The van der Waals surface area contributed by atoms with Crippen LogP contribution in [0.25, 0.3) is 0 Å². The van der Waals surface area contributed by atoms with Crippen molar-refractivity contribution in [2.75, 3.05) is 26.2 Å². The Kier molecular flexibility index (Phi) is 7.35. The summed E-state index contributed by atoms with van der Waals surface area (Å²) in [6.45, 7) is 2.14. The van der Waals surface area contributed by atoms with Gasteiger partial charge < -0.3 is 5.32 Å². The number of nitrogens with one attached hydrogen (secondary N) is 1. The fourth-order valence-corrected chi connectivity index (χ4v) is 6.32. The number of hydrogen-bond donors (Lipinski definition) is 1. The number of carbonyl (C=O) groups excluding carboxylic acids is 1. The summed E-state index contributed by atoms with van der Waals surface area (Å²) >= 11 is 0. The molecule has 1 amide bonds. The smallest absolute Gasteiger partial charge is 0.281 e. The van der Waals surface area contributed by atoms with Crippen LogP contribution in [0, 0.1) is 5.92 Å². The maximum absolute atomic E-state index is 13.0. The van der Waals surface area contributed by atoms with Crippen LogP contribution in [0.15, 0.2) is 0 Å². The van der Waals surface area contributed by atoms with Crippen LogP contribution in [0.2, 0.25) is 0 Å². The minimum Gasteiger partial charge on any atom is -0.353 e. The van der Waals surface area contributed by atoms with Gasteiger partial charge in [0, 0.05) is 32.2 Å². The molecular formula is C19H35N3O3S. The summed E-state index contributed by atoms with van der Waals surface area (Å²) in [5.74, 6) is -0.138. The van der Waals surface area contributed by atoms with E-state index in [1.165, 1.54) is 25.7 Å². The fourth-order valence-electron chi connectivity index (χ4n) is 4.54. The Morgan fingerprint density at radius 1 is 0.731 bits per heavy atom. The van der Waals surface area contributed by atoms with Gasteiger partial charge in [-0.3, -0.25) is 4.79 Å². The molecule has 1 N–H and O–H groups in total. The minimum atomic E-state index is -3.43. The van der Waals surface area contributed by atoms with Gasteiger partial charge in [-0.2, -0.15) is 17.0 Å². The summed E-state index contributed by atoms with van der Waals surface area (Å²) in [4.78, 5) is 12.7. The fraction of sp³-hybridized carbons (Fsp3) is 0.947. The average molecular weight is 386 g/mol. The van der Waals surface area contributed by atoms with Gasteiger partial charge in [-0.05, 0) is 38.5 Å². The van der Waals surface area contributed by atoms with Crippen LogP contribution in [0.3, 0.4) is 0 Å². The van der Waals surface area contributed by atoms with Crippen LogP contribution < -0.4 is 5.32 Å². The van der Waals surface area contributed by atoms with Crippen LogP contribution in [-0.4, -0.2) is 55.2 Å². The van der Waals surface area contributed by atoms with Crippen molar-refractivity contribution in [1.82, 2.24) is 13.9 Å². The molecule has 3 aliphatic rings. The lowest BCUT2D eigenvalue weighted by Gasteiger charge is -2.35. The Hall–Kier alpha value is -0.660. The van der Waals surface area contributed by atoms with E-state index in [0.717, 1.165) is 51.4 Å². The molecule has 1 aliphatic carbocycles. The van der Waals surface area contributed by atoms with Gasteiger partial charge in [-0.1, -0.05) is 38.5 Å². The normalized spacial score (nSPS) is 28.2. The predicted molar refractivity (Wildman–Crippen MR) is 103 cm³/mol.